The molecule has 1 saturated carbocycles. The van der Waals surface area contributed by atoms with E-state index in [1.165, 1.54) is 23.7 Å². The second kappa shape index (κ2) is 8.98. The number of anilines is 1. The highest BCUT2D eigenvalue weighted by Gasteiger charge is 2.40. The van der Waals surface area contributed by atoms with Crippen LogP contribution in [0.1, 0.15) is 50.5 Å². The Labute approximate surface area is 187 Å². The third-order valence-electron chi connectivity index (χ3n) is 6.02. The first-order valence-corrected chi connectivity index (χ1v) is 13.3. The first kappa shape index (κ1) is 21.8. The van der Waals surface area contributed by atoms with E-state index in [0.29, 0.717) is 22.2 Å². The molecule has 2 aliphatic heterocycles. The third-order valence-corrected chi connectivity index (χ3v) is 8.26. The fraction of sp³-hybridized carbons (Fsp3) is 0.524. The van der Waals surface area contributed by atoms with Crippen molar-refractivity contribution in [1.82, 2.24) is 4.90 Å². The number of rotatable bonds is 5. The highest BCUT2D eigenvalue weighted by Crippen LogP contribution is 2.43. The van der Waals surface area contributed by atoms with Crippen LogP contribution in [0.2, 0.25) is 0 Å². The standard InChI is InChI=1S/C21H26N2O4S3/c24-20-19(29-21(28)23(20)16-8-2-1-3-9-16)18-12-11-15-7-4-5-10-17(15)22(18)13-6-14-30(25,26)27/h4-5,7,10,16H,1-3,6,8-9,11-14H2,(H,25,26,27). The number of allylic oxidation sites excluding steroid dienone is 1. The number of thiocarbonyl (C=S) groups is 1. The summed E-state index contributed by atoms with van der Waals surface area (Å²) >= 11 is 6.98. The lowest BCUT2D eigenvalue weighted by Crippen LogP contribution is -2.40. The number of nitrogens with zero attached hydrogens (tertiary/aromatic N) is 2. The summed E-state index contributed by atoms with van der Waals surface area (Å²) < 4.78 is 32.2. The molecule has 4 rings (SSSR count). The highest BCUT2D eigenvalue weighted by atomic mass is 32.2. The van der Waals surface area contributed by atoms with Gasteiger partial charge in [-0.1, -0.05) is 61.4 Å². The Morgan fingerprint density at radius 3 is 2.60 bits per heavy atom. The van der Waals surface area contributed by atoms with E-state index < -0.39 is 10.1 Å². The van der Waals surface area contributed by atoms with E-state index in [2.05, 4.69) is 11.0 Å². The summed E-state index contributed by atoms with van der Waals surface area (Å²) in [7, 11) is -4.03. The van der Waals surface area contributed by atoms with E-state index in [9.17, 15) is 13.2 Å². The van der Waals surface area contributed by atoms with Crippen molar-refractivity contribution in [2.75, 3.05) is 17.2 Å². The Balaban J connectivity index is 1.65. The van der Waals surface area contributed by atoms with Gasteiger partial charge in [-0.25, -0.2) is 0 Å². The minimum Gasteiger partial charge on any atom is -0.343 e. The smallest absolute Gasteiger partial charge is 0.268 e. The van der Waals surface area contributed by atoms with Crippen molar-refractivity contribution in [2.24, 2.45) is 0 Å². The molecule has 1 saturated heterocycles. The van der Waals surface area contributed by atoms with Crippen LogP contribution in [0.4, 0.5) is 5.69 Å². The molecular formula is C21H26N2O4S3. The maximum absolute atomic E-state index is 13.4. The van der Waals surface area contributed by atoms with Crippen LogP contribution in [-0.2, 0) is 21.3 Å². The predicted octanol–water partition coefficient (Wildman–Crippen LogP) is 4.12. The molecule has 1 aliphatic carbocycles. The van der Waals surface area contributed by atoms with Gasteiger partial charge in [0.15, 0.2) is 0 Å². The molecular weight excluding hydrogens is 440 g/mol. The average Bonchev–Trinajstić information content (AvgIpc) is 3.01. The summed E-state index contributed by atoms with van der Waals surface area (Å²) in [5.74, 6) is -0.312. The molecule has 0 spiro atoms. The molecule has 30 heavy (non-hydrogen) atoms. The van der Waals surface area contributed by atoms with E-state index in [1.807, 2.05) is 23.1 Å². The summed E-state index contributed by atoms with van der Waals surface area (Å²) in [5.41, 5.74) is 3.09. The van der Waals surface area contributed by atoms with Crippen LogP contribution in [0.3, 0.4) is 0 Å². The van der Waals surface area contributed by atoms with Crippen LogP contribution in [-0.4, -0.2) is 46.4 Å². The number of thioether (sulfide) groups is 1. The van der Waals surface area contributed by atoms with Crippen LogP contribution in [0.15, 0.2) is 34.9 Å². The second-order valence-corrected chi connectivity index (χ2v) is 11.2. The molecule has 2 fully saturated rings. The number of fused-ring (bicyclic) bond motifs is 1. The average molecular weight is 467 g/mol. The van der Waals surface area contributed by atoms with E-state index >= 15 is 0 Å². The SMILES string of the molecule is O=C1C(=C2CCc3ccccc3N2CCCS(=O)(=O)O)SC(=S)N1C1CCCCC1. The van der Waals surface area contributed by atoms with Gasteiger partial charge in [0.25, 0.3) is 16.0 Å². The van der Waals surface area contributed by atoms with E-state index in [0.717, 1.165) is 43.5 Å². The second-order valence-electron chi connectivity index (χ2n) is 8.03. The van der Waals surface area contributed by atoms with Gasteiger partial charge >= 0.3 is 0 Å². The maximum Gasteiger partial charge on any atom is 0.268 e. The number of hydrogen-bond donors (Lipinski definition) is 1. The quantitative estimate of drug-likeness (QED) is 0.397. The number of para-hydroxylation sites is 1. The first-order valence-electron chi connectivity index (χ1n) is 10.4. The van der Waals surface area contributed by atoms with Crippen LogP contribution in [0.25, 0.3) is 0 Å². The Kier molecular flexibility index (Phi) is 6.53. The molecule has 0 atom stereocenters. The van der Waals surface area contributed by atoms with Gasteiger partial charge in [-0.2, -0.15) is 8.42 Å². The van der Waals surface area contributed by atoms with Crippen LogP contribution in [0.5, 0.6) is 0 Å². The fourth-order valence-corrected chi connectivity index (χ4v) is 6.62. The summed E-state index contributed by atoms with van der Waals surface area (Å²) in [5, 5.41) is 0. The number of amides is 1. The minimum absolute atomic E-state index is 0.00828. The van der Waals surface area contributed by atoms with Gasteiger partial charge in [-0.05, 0) is 43.7 Å². The van der Waals surface area contributed by atoms with E-state index in [-0.39, 0.29) is 24.1 Å². The van der Waals surface area contributed by atoms with E-state index in [4.69, 9.17) is 16.8 Å². The minimum atomic E-state index is -4.03. The maximum atomic E-state index is 13.4. The van der Waals surface area contributed by atoms with Gasteiger partial charge < -0.3 is 4.90 Å². The molecule has 1 aromatic carbocycles. The zero-order valence-electron chi connectivity index (χ0n) is 16.7. The van der Waals surface area contributed by atoms with Crippen LogP contribution in [0, 0.1) is 0 Å². The summed E-state index contributed by atoms with van der Waals surface area (Å²) in [6.45, 7) is 0.416. The molecule has 6 nitrogen and oxygen atoms in total. The summed E-state index contributed by atoms with van der Waals surface area (Å²) in [4.78, 5) is 17.9. The molecule has 0 unspecified atom stereocenters. The molecule has 0 radical (unpaired) electrons. The monoisotopic (exact) mass is 466 g/mol. The van der Waals surface area contributed by atoms with Crippen LogP contribution < -0.4 is 4.90 Å². The number of carbonyl (C=O) groups is 1. The molecule has 2 heterocycles. The van der Waals surface area contributed by atoms with Gasteiger partial charge in [0, 0.05) is 24.0 Å². The lowest BCUT2D eigenvalue weighted by Gasteiger charge is -2.35. The first-order chi connectivity index (χ1) is 14.3. The number of aryl methyl sites for hydroxylation is 1. The molecule has 0 bridgehead atoms. The van der Waals surface area contributed by atoms with Crippen molar-refractivity contribution < 1.29 is 17.8 Å². The van der Waals surface area contributed by atoms with Gasteiger partial charge in [0.05, 0.1) is 10.7 Å². The number of carbonyl (C=O) groups excluding carboxylic acids is 1. The Morgan fingerprint density at radius 1 is 1.13 bits per heavy atom. The zero-order valence-corrected chi connectivity index (χ0v) is 19.2. The third kappa shape index (κ3) is 4.59. The topological polar surface area (TPSA) is 77.9 Å². The van der Waals surface area contributed by atoms with Crippen LogP contribution >= 0.6 is 24.0 Å². The summed E-state index contributed by atoms with van der Waals surface area (Å²) in [6.07, 6.45) is 7.27. The van der Waals surface area contributed by atoms with Crippen molar-refractivity contribution >= 4 is 50.0 Å². The van der Waals surface area contributed by atoms with Gasteiger partial charge in [-0.3, -0.25) is 14.2 Å². The molecule has 1 aromatic rings. The highest BCUT2D eigenvalue weighted by molar-refractivity contribution is 8.26. The lowest BCUT2D eigenvalue weighted by molar-refractivity contribution is -0.124. The Morgan fingerprint density at radius 2 is 1.87 bits per heavy atom. The molecule has 9 heteroatoms. The predicted molar refractivity (Wildman–Crippen MR) is 124 cm³/mol. The van der Waals surface area contributed by atoms with Crippen molar-refractivity contribution in [2.45, 2.75) is 57.4 Å². The lowest BCUT2D eigenvalue weighted by atomic mass is 9.94. The molecule has 0 aromatic heterocycles. The fourth-order valence-electron chi connectivity index (χ4n) is 4.62. The van der Waals surface area contributed by atoms with E-state index in [1.54, 1.807) is 0 Å². The Bertz CT molecular complexity index is 984. The molecule has 162 valence electrons. The largest absolute Gasteiger partial charge is 0.343 e. The van der Waals surface area contributed by atoms with Crippen molar-refractivity contribution in [3.8, 4) is 0 Å². The molecule has 3 aliphatic rings. The number of benzene rings is 1. The number of hydrogen-bond acceptors (Lipinski definition) is 6. The summed E-state index contributed by atoms with van der Waals surface area (Å²) in [6, 6.07) is 8.19. The normalized spacial score (nSPS) is 23.2. The zero-order chi connectivity index (χ0) is 21.3. The van der Waals surface area contributed by atoms with Crippen molar-refractivity contribution in [3.63, 3.8) is 0 Å². The van der Waals surface area contributed by atoms with Crippen molar-refractivity contribution in [3.05, 3.63) is 40.4 Å². The van der Waals surface area contributed by atoms with Crippen molar-refractivity contribution in [1.29, 1.82) is 0 Å². The Hall–Kier alpha value is -1.42. The van der Waals surface area contributed by atoms with Gasteiger partial charge in [0.1, 0.15) is 4.32 Å². The molecule has 1 amide bonds. The van der Waals surface area contributed by atoms with Gasteiger partial charge in [0.2, 0.25) is 0 Å². The van der Waals surface area contributed by atoms with Gasteiger partial charge in [-0.15, -0.1) is 0 Å². The molecule has 1 N–H and O–H groups in total.